The fourth-order valence-electron chi connectivity index (χ4n) is 1.72. The van der Waals surface area contributed by atoms with Gasteiger partial charge in [-0.3, -0.25) is 0 Å². The molecular weight excluding hydrogens is 245 g/mol. The Morgan fingerprint density at radius 1 is 1.32 bits per heavy atom. The standard InChI is InChI=1S/C15H24FNO2/c1-2-3-9-19-10-5-8-17-12-15(18)13-6-4-7-14(16)11-13/h4,6-7,11,15,17-18H,2-3,5,8-10,12H2,1H3. The number of ether oxygens (including phenoxy) is 1. The van der Waals surface area contributed by atoms with Gasteiger partial charge in [-0.25, -0.2) is 4.39 Å². The maximum atomic E-state index is 13.0. The molecule has 108 valence electrons. The number of unbranched alkanes of at least 4 members (excludes halogenated alkanes) is 1. The molecule has 0 saturated carbocycles. The van der Waals surface area contributed by atoms with Crippen LogP contribution in [0.2, 0.25) is 0 Å². The highest BCUT2D eigenvalue weighted by Gasteiger charge is 2.07. The molecule has 1 aromatic carbocycles. The van der Waals surface area contributed by atoms with Gasteiger partial charge < -0.3 is 15.2 Å². The zero-order chi connectivity index (χ0) is 13.9. The van der Waals surface area contributed by atoms with E-state index in [9.17, 15) is 9.50 Å². The molecule has 1 atom stereocenters. The summed E-state index contributed by atoms with van der Waals surface area (Å²) in [6, 6.07) is 6.07. The van der Waals surface area contributed by atoms with Gasteiger partial charge in [-0.2, -0.15) is 0 Å². The maximum Gasteiger partial charge on any atom is 0.123 e. The molecule has 0 aliphatic heterocycles. The molecule has 0 aliphatic rings. The smallest absolute Gasteiger partial charge is 0.123 e. The number of hydrogen-bond donors (Lipinski definition) is 2. The minimum atomic E-state index is -0.670. The number of halogens is 1. The van der Waals surface area contributed by atoms with Gasteiger partial charge in [-0.15, -0.1) is 0 Å². The van der Waals surface area contributed by atoms with E-state index in [4.69, 9.17) is 4.74 Å². The number of nitrogens with one attached hydrogen (secondary N) is 1. The molecule has 0 saturated heterocycles. The summed E-state index contributed by atoms with van der Waals surface area (Å²) in [5, 5.41) is 13.0. The van der Waals surface area contributed by atoms with Crippen molar-refractivity contribution >= 4 is 0 Å². The molecule has 2 N–H and O–H groups in total. The summed E-state index contributed by atoms with van der Waals surface area (Å²) in [6.45, 7) is 4.92. The topological polar surface area (TPSA) is 41.5 Å². The van der Waals surface area contributed by atoms with Gasteiger partial charge in [-0.05, 0) is 37.1 Å². The molecule has 4 heteroatoms. The molecule has 1 unspecified atom stereocenters. The van der Waals surface area contributed by atoms with E-state index in [0.717, 1.165) is 39.0 Å². The third-order valence-electron chi connectivity index (χ3n) is 2.86. The van der Waals surface area contributed by atoms with Gasteiger partial charge >= 0.3 is 0 Å². The number of benzene rings is 1. The van der Waals surface area contributed by atoms with Crippen molar-refractivity contribution in [1.82, 2.24) is 5.32 Å². The number of rotatable bonds is 10. The monoisotopic (exact) mass is 269 g/mol. The number of aliphatic hydroxyl groups excluding tert-OH is 1. The Morgan fingerprint density at radius 2 is 2.11 bits per heavy atom. The van der Waals surface area contributed by atoms with E-state index < -0.39 is 6.10 Å². The molecule has 0 spiro atoms. The van der Waals surface area contributed by atoms with Gasteiger partial charge in [0.1, 0.15) is 5.82 Å². The Balaban J connectivity index is 2.06. The summed E-state index contributed by atoms with van der Waals surface area (Å²) in [5.41, 5.74) is 0.603. The summed E-state index contributed by atoms with van der Waals surface area (Å²) in [6.07, 6.45) is 2.50. The van der Waals surface area contributed by atoms with E-state index in [-0.39, 0.29) is 5.82 Å². The zero-order valence-corrected chi connectivity index (χ0v) is 11.6. The molecule has 1 rings (SSSR count). The average molecular weight is 269 g/mol. The lowest BCUT2D eigenvalue weighted by Crippen LogP contribution is -2.23. The van der Waals surface area contributed by atoms with Crippen LogP contribution in [0.5, 0.6) is 0 Å². The molecule has 1 aromatic rings. The Bertz CT molecular complexity index is 347. The van der Waals surface area contributed by atoms with E-state index >= 15 is 0 Å². The van der Waals surface area contributed by atoms with Gasteiger partial charge in [-0.1, -0.05) is 25.5 Å². The predicted octanol–water partition coefficient (Wildman–Crippen LogP) is 2.66. The zero-order valence-electron chi connectivity index (χ0n) is 11.6. The second-order valence-electron chi connectivity index (χ2n) is 4.59. The van der Waals surface area contributed by atoms with E-state index in [0.29, 0.717) is 12.1 Å². The molecule has 19 heavy (non-hydrogen) atoms. The first-order chi connectivity index (χ1) is 9.24. The fraction of sp³-hybridized carbons (Fsp3) is 0.600. The number of aliphatic hydroxyl groups is 1. The Labute approximate surface area is 114 Å². The largest absolute Gasteiger partial charge is 0.387 e. The summed E-state index contributed by atoms with van der Waals surface area (Å²) in [7, 11) is 0. The van der Waals surface area contributed by atoms with Crippen molar-refractivity contribution < 1.29 is 14.2 Å². The van der Waals surface area contributed by atoms with Crippen LogP contribution in [-0.2, 0) is 4.74 Å². The van der Waals surface area contributed by atoms with Crippen molar-refractivity contribution in [3.63, 3.8) is 0 Å². The van der Waals surface area contributed by atoms with Crippen LogP contribution in [0, 0.1) is 5.82 Å². The second-order valence-corrected chi connectivity index (χ2v) is 4.59. The normalized spacial score (nSPS) is 12.6. The minimum Gasteiger partial charge on any atom is -0.387 e. The van der Waals surface area contributed by atoms with Crippen molar-refractivity contribution in [2.75, 3.05) is 26.3 Å². The minimum absolute atomic E-state index is 0.319. The molecule has 3 nitrogen and oxygen atoms in total. The molecule has 0 aromatic heterocycles. The lowest BCUT2D eigenvalue weighted by atomic mass is 10.1. The van der Waals surface area contributed by atoms with Gasteiger partial charge in [0.15, 0.2) is 0 Å². The van der Waals surface area contributed by atoms with Crippen molar-refractivity contribution in [3.05, 3.63) is 35.6 Å². The summed E-state index contributed by atoms with van der Waals surface area (Å²) >= 11 is 0. The molecule has 0 radical (unpaired) electrons. The summed E-state index contributed by atoms with van der Waals surface area (Å²) in [4.78, 5) is 0. The predicted molar refractivity (Wildman–Crippen MR) is 74.6 cm³/mol. The van der Waals surface area contributed by atoms with Crippen LogP contribution in [0.4, 0.5) is 4.39 Å². The average Bonchev–Trinajstić information content (AvgIpc) is 2.41. The van der Waals surface area contributed by atoms with Crippen molar-refractivity contribution in [3.8, 4) is 0 Å². The van der Waals surface area contributed by atoms with E-state index in [1.54, 1.807) is 12.1 Å². The number of hydrogen-bond acceptors (Lipinski definition) is 3. The third kappa shape index (κ3) is 7.25. The molecule has 0 fully saturated rings. The maximum absolute atomic E-state index is 13.0. The molecule has 0 amide bonds. The van der Waals surface area contributed by atoms with E-state index in [2.05, 4.69) is 12.2 Å². The van der Waals surface area contributed by atoms with E-state index in [1.165, 1.54) is 12.1 Å². The Morgan fingerprint density at radius 3 is 2.84 bits per heavy atom. The van der Waals surface area contributed by atoms with Crippen molar-refractivity contribution in [2.24, 2.45) is 0 Å². The van der Waals surface area contributed by atoms with Crippen LogP contribution in [0.25, 0.3) is 0 Å². The molecule has 0 aliphatic carbocycles. The Kier molecular flexibility index (Phi) is 8.38. The molecular formula is C15H24FNO2. The second kappa shape index (κ2) is 9.89. The van der Waals surface area contributed by atoms with Crippen LogP contribution < -0.4 is 5.32 Å². The first-order valence-electron chi connectivity index (χ1n) is 6.96. The van der Waals surface area contributed by atoms with Crippen LogP contribution in [0.3, 0.4) is 0 Å². The first kappa shape index (κ1) is 16.1. The lowest BCUT2D eigenvalue weighted by molar-refractivity contribution is 0.126. The first-order valence-corrected chi connectivity index (χ1v) is 6.96. The van der Waals surface area contributed by atoms with Crippen LogP contribution in [0.1, 0.15) is 37.9 Å². The van der Waals surface area contributed by atoms with Gasteiger partial charge in [0, 0.05) is 19.8 Å². The SMILES string of the molecule is CCCCOCCCNCC(O)c1cccc(F)c1. The van der Waals surface area contributed by atoms with Gasteiger partial charge in [0.2, 0.25) is 0 Å². The highest BCUT2D eigenvalue weighted by Crippen LogP contribution is 2.12. The molecule has 0 bridgehead atoms. The van der Waals surface area contributed by atoms with E-state index in [1.807, 2.05) is 0 Å². The van der Waals surface area contributed by atoms with Crippen LogP contribution >= 0.6 is 0 Å². The summed E-state index contributed by atoms with van der Waals surface area (Å²) < 4.78 is 18.4. The van der Waals surface area contributed by atoms with Crippen LogP contribution in [0.15, 0.2) is 24.3 Å². The third-order valence-corrected chi connectivity index (χ3v) is 2.86. The highest BCUT2D eigenvalue weighted by molar-refractivity contribution is 5.18. The fourth-order valence-corrected chi connectivity index (χ4v) is 1.72. The van der Waals surface area contributed by atoms with Crippen molar-refractivity contribution in [1.29, 1.82) is 0 Å². The van der Waals surface area contributed by atoms with Crippen LogP contribution in [-0.4, -0.2) is 31.4 Å². The highest BCUT2D eigenvalue weighted by atomic mass is 19.1. The quantitative estimate of drug-likeness (QED) is 0.642. The van der Waals surface area contributed by atoms with Gasteiger partial charge in [0.25, 0.3) is 0 Å². The lowest BCUT2D eigenvalue weighted by Gasteiger charge is -2.12. The summed E-state index contributed by atoms with van der Waals surface area (Å²) in [5.74, 6) is -0.319. The van der Waals surface area contributed by atoms with Gasteiger partial charge in [0.05, 0.1) is 6.10 Å². The molecule has 0 heterocycles. The van der Waals surface area contributed by atoms with Crippen molar-refractivity contribution in [2.45, 2.75) is 32.3 Å². The Hall–Kier alpha value is -0.970.